The first-order valence-corrected chi connectivity index (χ1v) is 8.35. The lowest BCUT2D eigenvalue weighted by atomic mass is 10.1. The molecule has 3 heterocycles. The SMILES string of the molecule is O=C(/C=C(\C[n+]1ccccc1)c1cccs1)c1cccs1. The van der Waals surface area contributed by atoms with Crippen LogP contribution in [0.2, 0.25) is 0 Å². The van der Waals surface area contributed by atoms with Gasteiger partial charge < -0.3 is 0 Å². The quantitative estimate of drug-likeness (QED) is 0.395. The Balaban J connectivity index is 1.91. The maximum absolute atomic E-state index is 12.3. The lowest BCUT2D eigenvalue weighted by molar-refractivity contribution is -0.684. The summed E-state index contributed by atoms with van der Waals surface area (Å²) in [6.07, 6.45) is 5.78. The van der Waals surface area contributed by atoms with E-state index in [1.807, 2.05) is 59.6 Å². The molecule has 0 atom stereocenters. The van der Waals surface area contributed by atoms with Gasteiger partial charge in [0, 0.05) is 22.6 Å². The first-order chi connectivity index (χ1) is 10.3. The molecule has 0 fully saturated rings. The first-order valence-electron chi connectivity index (χ1n) is 6.59. The minimum absolute atomic E-state index is 0.0740. The second-order valence-corrected chi connectivity index (χ2v) is 6.43. The number of allylic oxidation sites excluding steroid dienone is 2. The Labute approximate surface area is 131 Å². The Hall–Kier alpha value is -2.04. The van der Waals surface area contributed by atoms with Crippen LogP contribution in [0.5, 0.6) is 0 Å². The second kappa shape index (κ2) is 6.61. The Bertz CT molecular complexity index is 728. The van der Waals surface area contributed by atoms with Crippen LogP contribution in [-0.4, -0.2) is 5.78 Å². The fourth-order valence-corrected chi connectivity index (χ4v) is 3.41. The molecule has 0 aliphatic heterocycles. The van der Waals surface area contributed by atoms with E-state index in [4.69, 9.17) is 0 Å². The maximum Gasteiger partial charge on any atom is 0.196 e. The molecule has 2 nitrogen and oxygen atoms in total. The summed E-state index contributed by atoms with van der Waals surface area (Å²) in [5, 5.41) is 3.96. The van der Waals surface area contributed by atoms with Crippen LogP contribution in [0.3, 0.4) is 0 Å². The van der Waals surface area contributed by atoms with Crippen LogP contribution in [0.15, 0.2) is 71.7 Å². The summed E-state index contributed by atoms with van der Waals surface area (Å²) >= 11 is 3.14. The van der Waals surface area contributed by atoms with Gasteiger partial charge in [-0.1, -0.05) is 18.2 Å². The highest BCUT2D eigenvalue weighted by Crippen LogP contribution is 2.22. The highest BCUT2D eigenvalue weighted by Gasteiger charge is 2.12. The lowest BCUT2D eigenvalue weighted by Gasteiger charge is -2.01. The third-order valence-corrected chi connectivity index (χ3v) is 4.87. The van der Waals surface area contributed by atoms with E-state index in [1.54, 1.807) is 17.4 Å². The van der Waals surface area contributed by atoms with Crippen molar-refractivity contribution < 1.29 is 9.36 Å². The van der Waals surface area contributed by atoms with E-state index >= 15 is 0 Å². The number of ketones is 1. The van der Waals surface area contributed by atoms with Crippen molar-refractivity contribution in [3.05, 3.63) is 81.4 Å². The number of carbonyl (C=O) groups excluding carboxylic acids is 1. The fraction of sp³-hybridized carbons (Fsp3) is 0.0588. The van der Waals surface area contributed by atoms with Crippen LogP contribution in [-0.2, 0) is 6.54 Å². The number of nitrogens with zero attached hydrogens (tertiary/aromatic N) is 1. The predicted octanol–water partition coefficient (Wildman–Crippen LogP) is 4.06. The monoisotopic (exact) mass is 312 g/mol. The standard InChI is InChI=1S/C17H14NOS2/c19-15(17-7-5-11-21-17)12-14(16-6-4-10-20-16)13-18-8-2-1-3-9-18/h1-12H,13H2/q+1/b14-12+. The number of hydrogen-bond acceptors (Lipinski definition) is 3. The van der Waals surface area contributed by atoms with Gasteiger partial charge in [-0.15, -0.1) is 22.7 Å². The number of rotatable bonds is 5. The normalized spacial score (nSPS) is 11.5. The summed E-state index contributed by atoms with van der Waals surface area (Å²) in [4.78, 5) is 14.2. The van der Waals surface area contributed by atoms with Gasteiger partial charge in [0.2, 0.25) is 0 Å². The van der Waals surface area contributed by atoms with Gasteiger partial charge in [0.1, 0.15) is 0 Å². The Morgan fingerprint density at radius 2 is 1.62 bits per heavy atom. The molecule has 0 spiro atoms. The largest absolute Gasteiger partial charge is 0.288 e. The average molecular weight is 312 g/mol. The number of hydrogen-bond donors (Lipinski definition) is 0. The molecule has 0 radical (unpaired) electrons. The van der Waals surface area contributed by atoms with E-state index in [2.05, 4.69) is 10.6 Å². The first kappa shape index (κ1) is 13.9. The minimum Gasteiger partial charge on any atom is -0.288 e. The molecule has 3 rings (SSSR count). The van der Waals surface area contributed by atoms with Crippen molar-refractivity contribution in [2.24, 2.45) is 0 Å². The van der Waals surface area contributed by atoms with Crippen LogP contribution in [0, 0.1) is 0 Å². The highest BCUT2D eigenvalue weighted by atomic mass is 32.1. The molecular weight excluding hydrogens is 298 g/mol. The molecule has 0 unspecified atom stereocenters. The Morgan fingerprint density at radius 1 is 0.952 bits per heavy atom. The molecule has 0 aliphatic carbocycles. The van der Waals surface area contributed by atoms with Crippen molar-refractivity contribution in [3.8, 4) is 0 Å². The van der Waals surface area contributed by atoms with Crippen LogP contribution in [0.25, 0.3) is 5.57 Å². The molecule has 3 aromatic rings. The van der Waals surface area contributed by atoms with E-state index in [0.717, 1.165) is 15.3 Å². The smallest absolute Gasteiger partial charge is 0.196 e. The Kier molecular flexibility index (Phi) is 4.38. The van der Waals surface area contributed by atoms with E-state index in [0.29, 0.717) is 6.54 Å². The molecule has 0 bridgehead atoms. The van der Waals surface area contributed by atoms with Crippen molar-refractivity contribution in [2.45, 2.75) is 6.54 Å². The molecule has 4 heteroatoms. The minimum atomic E-state index is 0.0740. The summed E-state index contributed by atoms with van der Waals surface area (Å²) < 4.78 is 2.08. The summed E-state index contributed by atoms with van der Waals surface area (Å²) in [6.45, 7) is 0.693. The van der Waals surface area contributed by atoms with E-state index in [9.17, 15) is 4.79 Å². The van der Waals surface area contributed by atoms with Gasteiger partial charge in [0.15, 0.2) is 24.7 Å². The van der Waals surface area contributed by atoms with Crippen molar-refractivity contribution in [2.75, 3.05) is 0 Å². The maximum atomic E-state index is 12.3. The van der Waals surface area contributed by atoms with Gasteiger partial charge in [-0.25, -0.2) is 4.57 Å². The van der Waals surface area contributed by atoms with Gasteiger partial charge in [-0.05, 0) is 29.0 Å². The van der Waals surface area contributed by atoms with Crippen molar-refractivity contribution in [1.29, 1.82) is 0 Å². The van der Waals surface area contributed by atoms with Crippen LogP contribution < -0.4 is 4.57 Å². The Morgan fingerprint density at radius 3 is 2.24 bits per heavy atom. The number of pyridine rings is 1. The van der Waals surface area contributed by atoms with Gasteiger partial charge in [0.25, 0.3) is 0 Å². The van der Waals surface area contributed by atoms with Gasteiger partial charge in [-0.2, -0.15) is 0 Å². The van der Waals surface area contributed by atoms with Gasteiger partial charge in [0.05, 0.1) is 4.88 Å². The molecule has 0 amide bonds. The van der Waals surface area contributed by atoms with E-state index in [1.165, 1.54) is 11.3 Å². The summed E-state index contributed by atoms with van der Waals surface area (Å²) in [5.74, 6) is 0.0740. The molecule has 0 saturated carbocycles. The van der Waals surface area contributed by atoms with Crippen LogP contribution in [0.1, 0.15) is 14.5 Å². The van der Waals surface area contributed by atoms with Crippen molar-refractivity contribution in [1.82, 2.24) is 0 Å². The van der Waals surface area contributed by atoms with Crippen molar-refractivity contribution >= 4 is 34.0 Å². The summed E-state index contributed by atoms with van der Waals surface area (Å²) in [6, 6.07) is 13.8. The van der Waals surface area contributed by atoms with E-state index < -0.39 is 0 Å². The molecule has 104 valence electrons. The second-order valence-electron chi connectivity index (χ2n) is 4.54. The topological polar surface area (TPSA) is 20.9 Å². The third kappa shape index (κ3) is 3.54. The fourth-order valence-electron chi connectivity index (χ4n) is 2.04. The number of thiophene rings is 2. The molecule has 0 N–H and O–H groups in total. The van der Waals surface area contributed by atoms with Gasteiger partial charge in [-0.3, -0.25) is 4.79 Å². The zero-order valence-corrected chi connectivity index (χ0v) is 12.9. The summed E-state index contributed by atoms with van der Waals surface area (Å²) in [5.41, 5.74) is 1.04. The molecular formula is C17H14NOS2+. The molecule has 3 aromatic heterocycles. The highest BCUT2D eigenvalue weighted by molar-refractivity contribution is 7.12. The number of carbonyl (C=O) groups is 1. The average Bonchev–Trinajstić information content (AvgIpc) is 3.21. The molecule has 0 aromatic carbocycles. The van der Waals surface area contributed by atoms with E-state index in [-0.39, 0.29) is 5.78 Å². The molecule has 0 saturated heterocycles. The zero-order valence-electron chi connectivity index (χ0n) is 11.3. The lowest BCUT2D eigenvalue weighted by Crippen LogP contribution is -2.32. The van der Waals surface area contributed by atoms with Crippen LogP contribution >= 0.6 is 22.7 Å². The van der Waals surface area contributed by atoms with Crippen molar-refractivity contribution in [3.63, 3.8) is 0 Å². The van der Waals surface area contributed by atoms with Gasteiger partial charge >= 0.3 is 0 Å². The number of aromatic nitrogens is 1. The zero-order chi connectivity index (χ0) is 14.5. The third-order valence-electron chi connectivity index (χ3n) is 3.04. The predicted molar refractivity (Wildman–Crippen MR) is 87.6 cm³/mol. The molecule has 21 heavy (non-hydrogen) atoms. The van der Waals surface area contributed by atoms with Crippen LogP contribution in [0.4, 0.5) is 0 Å². The summed E-state index contributed by atoms with van der Waals surface area (Å²) in [7, 11) is 0. The molecule has 0 aliphatic rings.